The predicted molar refractivity (Wildman–Crippen MR) is 77.1 cm³/mol. The van der Waals surface area contributed by atoms with Gasteiger partial charge in [-0.05, 0) is 44.5 Å². The Morgan fingerprint density at radius 3 is 2.53 bits per heavy atom. The van der Waals surface area contributed by atoms with E-state index in [-0.39, 0.29) is 17.4 Å². The molecule has 0 aliphatic carbocycles. The highest BCUT2D eigenvalue weighted by Crippen LogP contribution is 2.19. The van der Waals surface area contributed by atoms with Crippen molar-refractivity contribution in [3.8, 4) is 0 Å². The van der Waals surface area contributed by atoms with Crippen molar-refractivity contribution in [2.75, 3.05) is 20.1 Å². The molecular formula is C12H20ClN3O2S. The summed E-state index contributed by atoms with van der Waals surface area (Å²) in [5.41, 5.74) is 0.911. The van der Waals surface area contributed by atoms with E-state index < -0.39 is 10.0 Å². The zero-order chi connectivity index (χ0) is 13.2. The molecule has 0 aromatic carbocycles. The average molecular weight is 306 g/mol. The largest absolute Gasteiger partial charge is 0.317 e. The maximum Gasteiger partial charge on any atom is 0.260 e. The predicted octanol–water partition coefficient (Wildman–Crippen LogP) is 1.18. The Morgan fingerprint density at radius 2 is 2.00 bits per heavy atom. The molecule has 1 saturated heterocycles. The third-order valence-electron chi connectivity index (χ3n) is 3.36. The normalized spacial score (nSPS) is 18.0. The Morgan fingerprint density at radius 1 is 1.37 bits per heavy atom. The van der Waals surface area contributed by atoms with Crippen LogP contribution in [0.25, 0.3) is 0 Å². The molecule has 1 aromatic heterocycles. The first-order chi connectivity index (χ1) is 8.54. The van der Waals surface area contributed by atoms with Gasteiger partial charge >= 0.3 is 0 Å². The first kappa shape index (κ1) is 16.4. The van der Waals surface area contributed by atoms with Crippen molar-refractivity contribution >= 4 is 22.4 Å². The van der Waals surface area contributed by atoms with Gasteiger partial charge in [0.2, 0.25) is 0 Å². The number of aromatic nitrogens is 1. The van der Waals surface area contributed by atoms with Gasteiger partial charge in [0.15, 0.2) is 5.03 Å². The van der Waals surface area contributed by atoms with Crippen LogP contribution in [-0.4, -0.2) is 43.9 Å². The number of hydrogen-bond acceptors (Lipinski definition) is 4. The van der Waals surface area contributed by atoms with E-state index in [4.69, 9.17) is 0 Å². The third kappa shape index (κ3) is 3.66. The van der Waals surface area contributed by atoms with E-state index in [1.165, 1.54) is 4.31 Å². The number of halogens is 1. The van der Waals surface area contributed by atoms with Crippen LogP contribution in [0.1, 0.15) is 18.4 Å². The molecular weight excluding hydrogens is 286 g/mol. The summed E-state index contributed by atoms with van der Waals surface area (Å²) in [6, 6.07) is 3.84. The second-order valence-electron chi connectivity index (χ2n) is 4.64. The summed E-state index contributed by atoms with van der Waals surface area (Å²) in [5.74, 6) is 0. The van der Waals surface area contributed by atoms with Gasteiger partial charge in [-0.3, -0.25) is 0 Å². The molecule has 2 heterocycles. The molecule has 1 aliphatic heterocycles. The summed E-state index contributed by atoms with van der Waals surface area (Å²) in [6.07, 6.45) is 3.24. The maximum absolute atomic E-state index is 12.4. The quantitative estimate of drug-likeness (QED) is 0.911. The Hall–Kier alpha value is -0.690. The van der Waals surface area contributed by atoms with Gasteiger partial charge in [-0.25, -0.2) is 13.4 Å². The number of nitrogens with zero attached hydrogens (tertiary/aromatic N) is 2. The number of aryl methyl sites for hydroxylation is 1. The van der Waals surface area contributed by atoms with Crippen LogP contribution in [0.15, 0.2) is 23.4 Å². The first-order valence-corrected chi connectivity index (χ1v) is 7.58. The first-order valence-electron chi connectivity index (χ1n) is 6.14. The van der Waals surface area contributed by atoms with Gasteiger partial charge < -0.3 is 5.32 Å². The number of sulfonamides is 1. The molecule has 0 radical (unpaired) electrons. The Bertz CT molecular complexity index is 513. The van der Waals surface area contributed by atoms with Crippen LogP contribution in [0.5, 0.6) is 0 Å². The molecule has 0 unspecified atom stereocenters. The molecule has 0 bridgehead atoms. The molecule has 1 aromatic rings. The fourth-order valence-electron chi connectivity index (χ4n) is 2.17. The van der Waals surface area contributed by atoms with Gasteiger partial charge in [0, 0.05) is 25.3 Å². The van der Waals surface area contributed by atoms with Crippen LogP contribution in [-0.2, 0) is 10.0 Å². The molecule has 1 N–H and O–H groups in total. The fourth-order valence-corrected chi connectivity index (χ4v) is 3.65. The summed E-state index contributed by atoms with van der Waals surface area (Å²) in [6.45, 7) is 2.99. The van der Waals surface area contributed by atoms with Crippen molar-refractivity contribution in [3.63, 3.8) is 0 Å². The number of hydrogen-bond donors (Lipinski definition) is 1. The van der Waals surface area contributed by atoms with E-state index in [1.54, 1.807) is 18.3 Å². The fraction of sp³-hybridized carbons (Fsp3) is 0.583. The molecule has 108 valence electrons. The van der Waals surface area contributed by atoms with Crippen LogP contribution in [0.3, 0.4) is 0 Å². The van der Waals surface area contributed by atoms with E-state index in [1.807, 2.05) is 14.0 Å². The summed E-state index contributed by atoms with van der Waals surface area (Å²) in [4.78, 5) is 3.98. The second-order valence-corrected chi connectivity index (χ2v) is 6.52. The summed E-state index contributed by atoms with van der Waals surface area (Å²) in [5, 5.41) is 3.35. The third-order valence-corrected chi connectivity index (χ3v) is 5.15. The minimum Gasteiger partial charge on any atom is -0.317 e. The lowest BCUT2D eigenvalue weighted by Crippen LogP contribution is -2.44. The standard InChI is InChI=1S/C12H19N3O2S.ClH/c1-10-3-6-14-12(9-10)18(16,17)15-7-4-11(13-2)5-8-15;/h3,6,9,11,13H,4-5,7-8H2,1-2H3;1H. The molecule has 0 amide bonds. The zero-order valence-electron chi connectivity index (χ0n) is 11.2. The second kappa shape index (κ2) is 6.65. The summed E-state index contributed by atoms with van der Waals surface area (Å²) in [7, 11) is -1.51. The number of pyridine rings is 1. The zero-order valence-corrected chi connectivity index (χ0v) is 12.8. The summed E-state index contributed by atoms with van der Waals surface area (Å²) < 4.78 is 26.3. The molecule has 5 nitrogen and oxygen atoms in total. The van der Waals surface area contributed by atoms with Gasteiger partial charge in [0.1, 0.15) is 0 Å². The van der Waals surface area contributed by atoms with Crippen LogP contribution in [0.2, 0.25) is 0 Å². The van der Waals surface area contributed by atoms with E-state index in [0.29, 0.717) is 19.1 Å². The highest BCUT2D eigenvalue weighted by Gasteiger charge is 2.29. The maximum atomic E-state index is 12.4. The van der Waals surface area contributed by atoms with Crippen molar-refractivity contribution < 1.29 is 8.42 Å². The smallest absolute Gasteiger partial charge is 0.260 e. The van der Waals surface area contributed by atoms with Crippen LogP contribution >= 0.6 is 12.4 Å². The van der Waals surface area contributed by atoms with Crippen molar-refractivity contribution in [3.05, 3.63) is 23.9 Å². The SMILES string of the molecule is CNC1CCN(S(=O)(=O)c2cc(C)ccn2)CC1.Cl. The molecule has 0 saturated carbocycles. The molecule has 7 heteroatoms. The van der Waals surface area contributed by atoms with E-state index in [0.717, 1.165) is 18.4 Å². The van der Waals surface area contributed by atoms with Gasteiger partial charge in [-0.1, -0.05) is 0 Å². The van der Waals surface area contributed by atoms with Gasteiger partial charge in [0.25, 0.3) is 10.0 Å². The molecule has 0 atom stereocenters. The van der Waals surface area contributed by atoms with E-state index >= 15 is 0 Å². The van der Waals surface area contributed by atoms with Crippen molar-refractivity contribution in [1.82, 2.24) is 14.6 Å². The Balaban J connectivity index is 0.00000180. The van der Waals surface area contributed by atoms with Gasteiger partial charge in [-0.15, -0.1) is 12.4 Å². The molecule has 2 rings (SSSR count). The Kier molecular flexibility index (Phi) is 5.73. The number of nitrogens with one attached hydrogen (secondary N) is 1. The van der Waals surface area contributed by atoms with Gasteiger partial charge in [-0.2, -0.15) is 4.31 Å². The topological polar surface area (TPSA) is 62.3 Å². The number of piperidine rings is 1. The van der Waals surface area contributed by atoms with Crippen molar-refractivity contribution in [1.29, 1.82) is 0 Å². The minimum absolute atomic E-state index is 0. The highest BCUT2D eigenvalue weighted by molar-refractivity contribution is 7.89. The van der Waals surface area contributed by atoms with E-state index in [9.17, 15) is 8.42 Å². The molecule has 1 fully saturated rings. The van der Waals surface area contributed by atoms with E-state index in [2.05, 4.69) is 10.3 Å². The van der Waals surface area contributed by atoms with Gasteiger partial charge in [0.05, 0.1) is 0 Å². The van der Waals surface area contributed by atoms with Crippen molar-refractivity contribution in [2.24, 2.45) is 0 Å². The lowest BCUT2D eigenvalue weighted by atomic mass is 10.1. The lowest BCUT2D eigenvalue weighted by Gasteiger charge is -2.30. The molecule has 1 aliphatic rings. The molecule has 0 spiro atoms. The van der Waals surface area contributed by atoms with Crippen molar-refractivity contribution in [2.45, 2.75) is 30.8 Å². The minimum atomic E-state index is -3.42. The molecule has 19 heavy (non-hydrogen) atoms. The number of rotatable bonds is 3. The Labute approximate surface area is 120 Å². The highest BCUT2D eigenvalue weighted by atomic mass is 35.5. The van der Waals surface area contributed by atoms with Crippen LogP contribution < -0.4 is 5.32 Å². The monoisotopic (exact) mass is 305 g/mol. The van der Waals surface area contributed by atoms with Crippen LogP contribution in [0.4, 0.5) is 0 Å². The summed E-state index contributed by atoms with van der Waals surface area (Å²) >= 11 is 0. The van der Waals surface area contributed by atoms with Crippen LogP contribution in [0, 0.1) is 6.92 Å². The average Bonchev–Trinajstić information content (AvgIpc) is 2.39. The lowest BCUT2D eigenvalue weighted by molar-refractivity contribution is 0.298.